The Labute approximate surface area is 171 Å². The number of fused-ring (bicyclic) bond motifs is 2. The second kappa shape index (κ2) is 8.62. The van der Waals surface area contributed by atoms with Crippen LogP contribution in [-0.2, 0) is 6.42 Å². The van der Waals surface area contributed by atoms with Gasteiger partial charge >= 0.3 is 0 Å². The van der Waals surface area contributed by atoms with Gasteiger partial charge in [-0.15, -0.1) is 0 Å². The Morgan fingerprint density at radius 3 is 2.79 bits per heavy atom. The molecule has 1 aliphatic heterocycles. The molecule has 1 amide bonds. The van der Waals surface area contributed by atoms with Crippen molar-refractivity contribution in [2.24, 2.45) is 0 Å². The number of para-hydroxylation sites is 1. The zero-order valence-corrected chi connectivity index (χ0v) is 17.1. The molecule has 0 spiro atoms. The van der Waals surface area contributed by atoms with Crippen LogP contribution in [0.3, 0.4) is 0 Å². The maximum atomic E-state index is 13.0. The first-order chi connectivity index (χ1) is 14.2. The monoisotopic (exact) mass is 389 g/mol. The van der Waals surface area contributed by atoms with Crippen molar-refractivity contribution in [3.8, 4) is 17.0 Å². The summed E-state index contributed by atoms with van der Waals surface area (Å²) in [6.45, 7) is 8.44. The summed E-state index contributed by atoms with van der Waals surface area (Å²) in [5.41, 5.74) is 4.52. The van der Waals surface area contributed by atoms with Crippen LogP contribution in [0.2, 0.25) is 0 Å². The number of rotatable bonds is 7. The molecule has 150 valence electrons. The van der Waals surface area contributed by atoms with Crippen LogP contribution in [0.4, 0.5) is 0 Å². The van der Waals surface area contributed by atoms with E-state index in [1.165, 1.54) is 5.56 Å². The van der Waals surface area contributed by atoms with Crippen molar-refractivity contribution in [2.45, 2.75) is 20.3 Å². The Morgan fingerprint density at radius 1 is 1.14 bits per heavy atom. The van der Waals surface area contributed by atoms with Gasteiger partial charge in [0.15, 0.2) is 0 Å². The number of benzene rings is 2. The lowest BCUT2D eigenvalue weighted by molar-refractivity contribution is 0.0950. The molecule has 5 nitrogen and oxygen atoms in total. The van der Waals surface area contributed by atoms with Gasteiger partial charge < -0.3 is 15.0 Å². The van der Waals surface area contributed by atoms with Crippen molar-refractivity contribution in [3.63, 3.8) is 0 Å². The second-order valence-corrected chi connectivity index (χ2v) is 7.28. The minimum Gasteiger partial charge on any atom is -0.493 e. The van der Waals surface area contributed by atoms with E-state index in [0.29, 0.717) is 12.1 Å². The van der Waals surface area contributed by atoms with E-state index in [0.717, 1.165) is 60.6 Å². The van der Waals surface area contributed by atoms with Gasteiger partial charge in [-0.25, -0.2) is 4.98 Å². The molecule has 0 radical (unpaired) electrons. The summed E-state index contributed by atoms with van der Waals surface area (Å²) in [5, 5.41) is 3.96. The Bertz CT molecular complexity index is 1030. The van der Waals surface area contributed by atoms with Gasteiger partial charge in [0, 0.05) is 30.5 Å². The summed E-state index contributed by atoms with van der Waals surface area (Å²) in [6, 6.07) is 15.9. The van der Waals surface area contributed by atoms with Gasteiger partial charge in [0.05, 0.1) is 23.4 Å². The third-order valence-corrected chi connectivity index (χ3v) is 5.55. The van der Waals surface area contributed by atoms with Gasteiger partial charge in [-0.3, -0.25) is 4.79 Å². The van der Waals surface area contributed by atoms with Gasteiger partial charge in [-0.2, -0.15) is 0 Å². The Kier molecular flexibility index (Phi) is 5.76. The average molecular weight is 389 g/mol. The van der Waals surface area contributed by atoms with E-state index in [4.69, 9.17) is 9.72 Å². The standard InChI is InChI=1S/C24H27N3O2/c1-3-27(4-2)13-12-25-24(28)20-16-22(26-21-8-6-5-7-19(20)21)17-9-10-23-18(15-17)11-14-29-23/h5-10,15-16H,3-4,11-14H2,1-2H3,(H,25,28). The number of nitrogens with zero attached hydrogens (tertiary/aromatic N) is 2. The van der Waals surface area contributed by atoms with E-state index in [1.807, 2.05) is 42.5 Å². The predicted molar refractivity (Wildman–Crippen MR) is 116 cm³/mol. The van der Waals surface area contributed by atoms with E-state index >= 15 is 0 Å². The minimum atomic E-state index is -0.0542. The van der Waals surface area contributed by atoms with Crippen molar-refractivity contribution in [1.82, 2.24) is 15.2 Å². The van der Waals surface area contributed by atoms with Crippen LogP contribution in [-0.4, -0.2) is 48.6 Å². The molecule has 29 heavy (non-hydrogen) atoms. The molecular weight excluding hydrogens is 362 g/mol. The third kappa shape index (κ3) is 4.10. The number of carbonyl (C=O) groups excluding carboxylic acids is 1. The summed E-state index contributed by atoms with van der Waals surface area (Å²) in [4.78, 5) is 20.1. The zero-order chi connectivity index (χ0) is 20.2. The van der Waals surface area contributed by atoms with Gasteiger partial charge in [0.1, 0.15) is 5.75 Å². The number of pyridine rings is 1. The van der Waals surface area contributed by atoms with E-state index in [-0.39, 0.29) is 5.91 Å². The molecule has 5 heteroatoms. The van der Waals surface area contributed by atoms with E-state index < -0.39 is 0 Å². The number of ether oxygens (including phenoxy) is 1. The lowest BCUT2D eigenvalue weighted by atomic mass is 10.0. The molecule has 3 aromatic rings. The first-order valence-electron chi connectivity index (χ1n) is 10.4. The molecule has 1 aromatic heterocycles. The molecule has 0 saturated carbocycles. The Morgan fingerprint density at radius 2 is 1.97 bits per heavy atom. The highest BCUT2D eigenvalue weighted by molar-refractivity contribution is 6.07. The molecule has 0 saturated heterocycles. The summed E-state index contributed by atoms with van der Waals surface area (Å²) >= 11 is 0. The lowest BCUT2D eigenvalue weighted by Crippen LogP contribution is -2.34. The minimum absolute atomic E-state index is 0.0542. The van der Waals surface area contributed by atoms with Crippen LogP contribution in [0.25, 0.3) is 22.2 Å². The number of carbonyl (C=O) groups is 1. The van der Waals surface area contributed by atoms with E-state index in [9.17, 15) is 4.79 Å². The largest absolute Gasteiger partial charge is 0.493 e. The van der Waals surface area contributed by atoms with E-state index in [1.54, 1.807) is 0 Å². The van der Waals surface area contributed by atoms with Crippen molar-refractivity contribution in [3.05, 3.63) is 59.7 Å². The van der Waals surface area contributed by atoms with Gasteiger partial charge in [-0.05, 0) is 49.0 Å². The zero-order valence-electron chi connectivity index (χ0n) is 17.1. The first-order valence-corrected chi connectivity index (χ1v) is 10.4. The molecule has 0 fully saturated rings. The van der Waals surface area contributed by atoms with Crippen LogP contribution < -0.4 is 10.1 Å². The van der Waals surface area contributed by atoms with Crippen molar-refractivity contribution in [2.75, 3.05) is 32.8 Å². The molecule has 0 bridgehead atoms. The first kappa shape index (κ1) is 19.4. The van der Waals surface area contributed by atoms with Crippen molar-refractivity contribution >= 4 is 16.8 Å². The number of likely N-dealkylation sites (N-methyl/N-ethyl adjacent to an activating group) is 1. The highest BCUT2D eigenvalue weighted by Crippen LogP contribution is 2.31. The molecule has 2 aromatic carbocycles. The Balaban J connectivity index is 1.65. The average Bonchev–Trinajstić information content (AvgIpc) is 3.23. The summed E-state index contributed by atoms with van der Waals surface area (Å²) in [7, 11) is 0. The van der Waals surface area contributed by atoms with Crippen molar-refractivity contribution < 1.29 is 9.53 Å². The molecule has 0 unspecified atom stereocenters. The molecule has 1 N–H and O–H groups in total. The number of aromatic nitrogens is 1. The summed E-state index contributed by atoms with van der Waals surface area (Å²) < 4.78 is 5.62. The second-order valence-electron chi connectivity index (χ2n) is 7.28. The number of hydrogen-bond acceptors (Lipinski definition) is 4. The maximum Gasteiger partial charge on any atom is 0.252 e. The van der Waals surface area contributed by atoms with Crippen LogP contribution in [0, 0.1) is 0 Å². The quantitative estimate of drug-likeness (QED) is 0.666. The Hall–Kier alpha value is -2.92. The van der Waals surface area contributed by atoms with Crippen LogP contribution >= 0.6 is 0 Å². The number of nitrogens with one attached hydrogen (secondary N) is 1. The topological polar surface area (TPSA) is 54.5 Å². The van der Waals surface area contributed by atoms with Crippen LogP contribution in [0.15, 0.2) is 48.5 Å². The normalized spacial score (nSPS) is 12.8. The number of amides is 1. The maximum absolute atomic E-state index is 13.0. The molecule has 0 aliphatic carbocycles. The smallest absolute Gasteiger partial charge is 0.252 e. The van der Waals surface area contributed by atoms with Gasteiger partial charge in [-0.1, -0.05) is 32.0 Å². The predicted octanol–water partition coefficient (Wildman–Crippen LogP) is 3.91. The van der Waals surface area contributed by atoms with Crippen molar-refractivity contribution in [1.29, 1.82) is 0 Å². The fourth-order valence-corrected chi connectivity index (χ4v) is 3.82. The van der Waals surface area contributed by atoms with Crippen LogP contribution in [0.5, 0.6) is 5.75 Å². The van der Waals surface area contributed by atoms with Gasteiger partial charge in [0.2, 0.25) is 0 Å². The fourth-order valence-electron chi connectivity index (χ4n) is 3.82. The molecular formula is C24H27N3O2. The molecule has 1 aliphatic rings. The molecule has 2 heterocycles. The highest BCUT2D eigenvalue weighted by Gasteiger charge is 2.17. The fraction of sp³-hybridized carbons (Fsp3) is 0.333. The summed E-state index contributed by atoms with van der Waals surface area (Å²) in [6.07, 6.45) is 0.912. The highest BCUT2D eigenvalue weighted by atomic mass is 16.5. The van der Waals surface area contributed by atoms with Gasteiger partial charge in [0.25, 0.3) is 5.91 Å². The molecule has 4 rings (SSSR count). The lowest BCUT2D eigenvalue weighted by Gasteiger charge is -2.18. The number of hydrogen-bond donors (Lipinski definition) is 1. The van der Waals surface area contributed by atoms with Crippen LogP contribution in [0.1, 0.15) is 29.8 Å². The SMILES string of the molecule is CCN(CC)CCNC(=O)c1cc(-c2ccc3c(c2)CCO3)nc2ccccc12. The summed E-state index contributed by atoms with van der Waals surface area (Å²) in [5.74, 6) is 0.894. The molecule has 0 atom stereocenters. The van der Waals surface area contributed by atoms with E-state index in [2.05, 4.69) is 30.1 Å². The third-order valence-electron chi connectivity index (χ3n) is 5.55.